The SMILES string of the molecule is COC(=O)CN1CCN(C(=O)c2c(C)cc(C3CCCNC3)oc2=O)CC1=O. The first-order valence-electron chi connectivity index (χ1n) is 9.40. The lowest BCUT2D eigenvalue weighted by molar-refractivity contribution is -0.148. The number of amides is 2. The van der Waals surface area contributed by atoms with Crippen molar-refractivity contribution < 1.29 is 23.5 Å². The summed E-state index contributed by atoms with van der Waals surface area (Å²) >= 11 is 0. The number of methoxy groups -OCH3 is 1. The fourth-order valence-electron chi connectivity index (χ4n) is 3.61. The van der Waals surface area contributed by atoms with E-state index in [0.29, 0.717) is 11.3 Å². The number of carbonyl (C=O) groups excluding carboxylic acids is 3. The molecule has 28 heavy (non-hydrogen) atoms. The van der Waals surface area contributed by atoms with Crippen molar-refractivity contribution in [2.75, 3.05) is 46.4 Å². The smallest absolute Gasteiger partial charge is 0.349 e. The summed E-state index contributed by atoms with van der Waals surface area (Å²) in [6.07, 6.45) is 1.94. The molecule has 9 nitrogen and oxygen atoms in total. The molecule has 1 aromatic heterocycles. The molecule has 0 radical (unpaired) electrons. The van der Waals surface area contributed by atoms with Crippen LogP contribution in [0.25, 0.3) is 0 Å². The van der Waals surface area contributed by atoms with Gasteiger partial charge in [0.1, 0.15) is 24.4 Å². The molecule has 3 rings (SSSR count). The van der Waals surface area contributed by atoms with Crippen molar-refractivity contribution in [2.24, 2.45) is 0 Å². The molecular weight excluding hydrogens is 366 g/mol. The minimum absolute atomic E-state index is 0.0401. The Hall–Kier alpha value is -2.68. The van der Waals surface area contributed by atoms with Gasteiger partial charge < -0.3 is 24.3 Å². The molecule has 1 aromatic rings. The lowest BCUT2D eigenvalue weighted by Crippen LogP contribution is -2.54. The van der Waals surface area contributed by atoms with Crippen LogP contribution in [0.4, 0.5) is 0 Å². The summed E-state index contributed by atoms with van der Waals surface area (Å²) < 4.78 is 10.0. The van der Waals surface area contributed by atoms with Crippen LogP contribution >= 0.6 is 0 Å². The van der Waals surface area contributed by atoms with Crippen molar-refractivity contribution in [2.45, 2.75) is 25.7 Å². The van der Waals surface area contributed by atoms with Gasteiger partial charge in [0.25, 0.3) is 5.91 Å². The molecule has 152 valence electrons. The maximum atomic E-state index is 12.9. The van der Waals surface area contributed by atoms with Crippen molar-refractivity contribution in [1.82, 2.24) is 15.1 Å². The van der Waals surface area contributed by atoms with Gasteiger partial charge in [-0.05, 0) is 37.9 Å². The van der Waals surface area contributed by atoms with Gasteiger partial charge in [-0.3, -0.25) is 14.4 Å². The first kappa shape index (κ1) is 20.1. The minimum Gasteiger partial charge on any atom is -0.468 e. The molecular formula is C19H25N3O6. The Labute approximate surface area is 162 Å². The highest BCUT2D eigenvalue weighted by molar-refractivity contribution is 5.98. The Morgan fingerprint density at radius 3 is 2.71 bits per heavy atom. The van der Waals surface area contributed by atoms with Crippen LogP contribution in [0.3, 0.4) is 0 Å². The van der Waals surface area contributed by atoms with E-state index in [4.69, 9.17) is 4.42 Å². The average molecular weight is 391 g/mol. The van der Waals surface area contributed by atoms with E-state index >= 15 is 0 Å². The molecule has 9 heteroatoms. The monoisotopic (exact) mass is 391 g/mol. The van der Waals surface area contributed by atoms with E-state index < -0.39 is 17.5 Å². The Bertz CT molecular complexity index is 827. The Morgan fingerprint density at radius 1 is 1.32 bits per heavy atom. The van der Waals surface area contributed by atoms with Gasteiger partial charge in [-0.25, -0.2) is 4.79 Å². The normalized spacial score (nSPS) is 20.2. The molecule has 0 aromatic carbocycles. The third-order valence-electron chi connectivity index (χ3n) is 5.23. The lowest BCUT2D eigenvalue weighted by atomic mass is 9.95. The van der Waals surface area contributed by atoms with Gasteiger partial charge in [-0.1, -0.05) is 0 Å². The molecule has 2 aliphatic heterocycles. The number of nitrogens with one attached hydrogen (secondary N) is 1. The molecule has 1 atom stereocenters. The van der Waals surface area contributed by atoms with Crippen LogP contribution in [-0.4, -0.2) is 74.0 Å². The number of nitrogens with zero attached hydrogens (tertiary/aromatic N) is 2. The van der Waals surface area contributed by atoms with Crippen molar-refractivity contribution in [3.8, 4) is 0 Å². The molecule has 1 N–H and O–H groups in total. The van der Waals surface area contributed by atoms with Gasteiger partial charge in [-0.2, -0.15) is 0 Å². The number of piperazine rings is 1. The summed E-state index contributed by atoms with van der Waals surface area (Å²) in [7, 11) is 1.25. The number of aryl methyl sites for hydroxylation is 1. The highest BCUT2D eigenvalue weighted by Crippen LogP contribution is 2.24. The van der Waals surface area contributed by atoms with Gasteiger partial charge in [-0.15, -0.1) is 0 Å². The predicted octanol–water partition coefficient (Wildman–Crippen LogP) is -0.127. The maximum Gasteiger partial charge on any atom is 0.349 e. The number of esters is 1. The van der Waals surface area contributed by atoms with E-state index in [1.54, 1.807) is 13.0 Å². The Balaban J connectivity index is 1.73. The van der Waals surface area contributed by atoms with Crippen molar-refractivity contribution in [1.29, 1.82) is 0 Å². The number of hydrogen-bond donors (Lipinski definition) is 1. The summed E-state index contributed by atoms with van der Waals surface area (Å²) in [6.45, 7) is 3.49. The van der Waals surface area contributed by atoms with Gasteiger partial charge in [0, 0.05) is 25.6 Å². The summed E-state index contributed by atoms with van der Waals surface area (Å²) in [4.78, 5) is 51.6. The standard InChI is InChI=1S/C19H25N3O6/c1-12-8-14(13-4-3-5-20-9-13)28-19(26)17(12)18(25)22-7-6-21(15(23)10-22)11-16(24)27-2/h8,13,20H,3-7,9-11H2,1-2H3. The van der Waals surface area contributed by atoms with E-state index in [0.717, 1.165) is 25.9 Å². The van der Waals surface area contributed by atoms with Crippen molar-refractivity contribution in [3.63, 3.8) is 0 Å². The lowest BCUT2D eigenvalue weighted by Gasteiger charge is -2.33. The Kier molecular flexibility index (Phi) is 6.13. The third-order valence-corrected chi connectivity index (χ3v) is 5.23. The number of rotatable bonds is 4. The molecule has 2 aliphatic rings. The van der Waals surface area contributed by atoms with E-state index in [9.17, 15) is 19.2 Å². The molecule has 1 unspecified atom stereocenters. The van der Waals surface area contributed by atoms with Crippen LogP contribution in [-0.2, 0) is 14.3 Å². The first-order valence-corrected chi connectivity index (χ1v) is 9.40. The second kappa shape index (κ2) is 8.55. The molecule has 0 aliphatic carbocycles. The topological polar surface area (TPSA) is 109 Å². The molecule has 2 amide bonds. The number of hydrogen-bond acceptors (Lipinski definition) is 7. The third kappa shape index (κ3) is 4.24. The van der Waals surface area contributed by atoms with Crippen LogP contribution in [0.5, 0.6) is 0 Å². The summed E-state index contributed by atoms with van der Waals surface area (Å²) in [5, 5.41) is 3.28. The molecule has 2 saturated heterocycles. The quantitative estimate of drug-likeness (QED) is 0.712. The summed E-state index contributed by atoms with van der Waals surface area (Å²) in [5.41, 5.74) is -0.164. The first-order chi connectivity index (χ1) is 13.4. The van der Waals surface area contributed by atoms with E-state index in [1.165, 1.54) is 16.9 Å². The summed E-state index contributed by atoms with van der Waals surface area (Å²) in [5.74, 6) is -0.696. The molecule has 3 heterocycles. The molecule has 2 fully saturated rings. The number of ether oxygens (including phenoxy) is 1. The molecule has 0 saturated carbocycles. The highest BCUT2D eigenvalue weighted by Gasteiger charge is 2.31. The van der Waals surface area contributed by atoms with Gasteiger partial charge >= 0.3 is 11.6 Å². The van der Waals surface area contributed by atoms with E-state index in [-0.39, 0.29) is 43.6 Å². The zero-order valence-electron chi connectivity index (χ0n) is 16.2. The zero-order chi connectivity index (χ0) is 20.3. The largest absolute Gasteiger partial charge is 0.468 e. The fraction of sp³-hybridized carbons (Fsp3) is 0.579. The predicted molar refractivity (Wildman–Crippen MR) is 99.1 cm³/mol. The van der Waals surface area contributed by atoms with Crippen LogP contribution in [0.2, 0.25) is 0 Å². The fourth-order valence-corrected chi connectivity index (χ4v) is 3.61. The van der Waals surface area contributed by atoms with Gasteiger partial charge in [0.15, 0.2) is 0 Å². The minimum atomic E-state index is -0.671. The Morgan fingerprint density at radius 2 is 2.11 bits per heavy atom. The van der Waals surface area contributed by atoms with Crippen LogP contribution in [0, 0.1) is 6.92 Å². The van der Waals surface area contributed by atoms with Crippen molar-refractivity contribution in [3.05, 3.63) is 33.4 Å². The van der Waals surface area contributed by atoms with Crippen LogP contribution < -0.4 is 10.9 Å². The highest BCUT2D eigenvalue weighted by atomic mass is 16.5. The summed E-state index contributed by atoms with van der Waals surface area (Å²) in [6, 6.07) is 1.75. The molecule has 0 spiro atoms. The van der Waals surface area contributed by atoms with Crippen LogP contribution in [0.1, 0.15) is 40.4 Å². The number of piperidine rings is 1. The van der Waals surface area contributed by atoms with Crippen LogP contribution in [0.15, 0.2) is 15.3 Å². The van der Waals surface area contributed by atoms with E-state index in [2.05, 4.69) is 10.1 Å². The van der Waals surface area contributed by atoms with Crippen molar-refractivity contribution >= 4 is 17.8 Å². The second-order valence-corrected chi connectivity index (χ2v) is 7.16. The van der Waals surface area contributed by atoms with Gasteiger partial charge in [0.2, 0.25) is 5.91 Å². The van der Waals surface area contributed by atoms with E-state index in [1.807, 2.05) is 0 Å². The van der Waals surface area contributed by atoms with Gasteiger partial charge in [0.05, 0.1) is 7.11 Å². The zero-order valence-corrected chi connectivity index (χ0v) is 16.2. The second-order valence-electron chi connectivity index (χ2n) is 7.16. The average Bonchev–Trinajstić information content (AvgIpc) is 2.69. The molecule has 0 bridgehead atoms. The number of carbonyl (C=O) groups is 3. The maximum absolute atomic E-state index is 12.9.